The number of hydrogen-bond donors (Lipinski definition) is 2. The molecule has 0 aromatic rings. The van der Waals surface area contributed by atoms with Gasteiger partial charge in [-0.15, -0.1) is 0 Å². The summed E-state index contributed by atoms with van der Waals surface area (Å²) >= 11 is 0. The largest absolute Gasteiger partial charge is 0.336 e. The molecular weight excluding hydrogens is 228 g/mol. The molecule has 0 aliphatic carbocycles. The first kappa shape index (κ1) is 12.9. The molecule has 8 nitrogen and oxygen atoms in total. The molecule has 0 aromatic heterocycles. The number of barbiturate groups is 1. The summed E-state index contributed by atoms with van der Waals surface area (Å²) in [7, 11) is 3.15. The van der Waals surface area contributed by atoms with Gasteiger partial charge >= 0.3 is 12.1 Å². The fourth-order valence-electron chi connectivity index (χ4n) is 1.24. The molecule has 1 fully saturated rings. The number of rotatable bonds is 3. The lowest BCUT2D eigenvalue weighted by Crippen LogP contribution is -2.54. The molecule has 0 unspecified atom stereocenters. The van der Waals surface area contributed by atoms with Crippen LogP contribution in [-0.4, -0.2) is 60.9 Å². The molecule has 1 aliphatic heterocycles. The Bertz CT molecular complexity index is 346. The lowest BCUT2D eigenvalue weighted by molar-refractivity contribution is -0.136. The molecule has 1 aliphatic rings. The third kappa shape index (κ3) is 3.44. The van der Waals surface area contributed by atoms with E-state index in [2.05, 4.69) is 5.32 Å². The highest BCUT2D eigenvalue weighted by molar-refractivity contribution is 6.14. The Kier molecular flexibility index (Phi) is 4.02. The molecule has 0 saturated carbocycles. The van der Waals surface area contributed by atoms with Gasteiger partial charge in [-0.1, -0.05) is 0 Å². The molecule has 0 aromatic carbocycles. The highest BCUT2D eigenvalue weighted by Gasteiger charge is 2.30. The Morgan fingerprint density at radius 2 is 2.06 bits per heavy atom. The van der Waals surface area contributed by atoms with Crippen LogP contribution < -0.4 is 10.6 Å². The van der Waals surface area contributed by atoms with Crippen LogP contribution in [0, 0.1) is 0 Å². The number of carbonyl (C=O) groups excluding carboxylic acids is 4. The first-order valence-electron chi connectivity index (χ1n) is 5.01. The van der Waals surface area contributed by atoms with Crippen LogP contribution in [0.25, 0.3) is 0 Å². The summed E-state index contributed by atoms with van der Waals surface area (Å²) in [5.41, 5.74) is 0. The third-order valence-corrected chi connectivity index (χ3v) is 2.12. The van der Waals surface area contributed by atoms with E-state index in [9.17, 15) is 19.2 Å². The van der Waals surface area contributed by atoms with Gasteiger partial charge in [0.1, 0.15) is 6.42 Å². The van der Waals surface area contributed by atoms with Crippen molar-refractivity contribution >= 4 is 23.9 Å². The zero-order chi connectivity index (χ0) is 13.0. The first-order valence-corrected chi connectivity index (χ1v) is 5.01. The smallest absolute Gasteiger partial charge is 0.330 e. The van der Waals surface area contributed by atoms with Crippen LogP contribution in [0.5, 0.6) is 0 Å². The van der Waals surface area contributed by atoms with Gasteiger partial charge < -0.3 is 10.2 Å². The highest BCUT2D eigenvalue weighted by Crippen LogP contribution is 2.01. The van der Waals surface area contributed by atoms with Crippen LogP contribution >= 0.6 is 0 Å². The minimum absolute atomic E-state index is 0.0392. The summed E-state index contributed by atoms with van der Waals surface area (Å²) < 4.78 is 0. The van der Waals surface area contributed by atoms with Crippen molar-refractivity contribution in [3.63, 3.8) is 0 Å². The molecule has 1 saturated heterocycles. The zero-order valence-electron chi connectivity index (χ0n) is 9.65. The Morgan fingerprint density at radius 3 is 2.59 bits per heavy atom. The van der Waals surface area contributed by atoms with Crippen LogP contribution in [0.4, 0.5) is 9.59 Å². The fourth-order valence-corrected chi connectivity index (χ4v) is 1.24. The average Bonchev–Trinajstić information content (AvgIpc) is 2.21. The maximum Gasteiger partial charge on any atom is 0.330 e. The maximum atomic E-state index is 11.3. The molecule has 94 valence electrons. The van der Waals surface area contributed by atoms with E-state index in [-0.39, 0.29) is 25.5 Å². The standard InChI is InChI=1S/C9H14N4O4/c1-12(2)8(16)10-3-4-13-7(15)5-6(14)11-9(13)17/h3-5H2,1-2H3,(H,10,16)(H,11,14,17). The van der Waals surface area contributed by atoms with E-state index in [0.717, 1.165) is 4.90 Å². The van der Waals surface area contributed by atoms with Gasteiger partial charge in [0.2, 0.25) is 11.8 Å². The number of imide groups is 2. The predicted molar refractivity (Wildman–Crippen MR) is 57.0 cm³/mol. The number of amides is 6. The molecule has 17 heavy (non-hydrogen) atoms. The van der Waals surface area contributed by atoms with Crippen molar-refractivity contribution in [2.75, 3.05) is 27.2 Å². The molecule has 1 heterocycles. The number of hydrogen-bond acceptors (Lipinski definition) is 4. The highest BCUT2D eigenvalue weighted by atomic mass is 16.2. The molecule has 0 bridgehead atoms. The first-order chi connectivity index (χ1) is 7.91. The maximum absolute atomic E-state index is 11.3. The van der Waals surface area contributed by atoms with Gasteiger partial charge in [-0.2, -0.15) is 0 Å². The predicted octanol–water partition coefficient (Wildman–Crippen LogP) is -1.27. The summed E-state index contributed by atoms with van der Waals surface area (Å²) in [5, 5.41) is 4.53. The summed E-state index contributed by atoms with van der Waals surface area (Å²) in [6.07, 6.45) is -0.340. The average molecular weight is 242 g/mol. The Morgan fingerprint density at radius 1 is 1.41 bits per heavy atom. The summed E-state index contributed by atoms with van der Waals surface area (Å²) in [6.45, 7) is 0.182. The van der Waals surface area contributed by atoms with Crippen molar-refractivity contribution in [1.82, 2.24) is 20.4 Å². The summed E-state index contributed by atoms with van der Waals surface area (Å²) in [6, 6.07) is -1.06. The second kappa shape index (κ2) is 5.28. The lowest BCUT2D eigenvalue weighted by atomic mass is 10.3. The second-order valence-corrected chi connectivity index (χ2v) is 3.70. The van der Waals surface area contributed by atoms with Crippen LogP contribution in [0.15, 0.2) is 0 Å². The van der Waals surface area contributed by atoms with E-state index >= 15 is 0 Å². The molecule has 0 radical (unpaired) electrons. The summed E-state index contributed by atoms with van der Waals surface area (Å²) in [5.74, 6) is -1.16. The van der Waals surface area contributed by atoms with Crippen LogP contribution in [0.1, 0.15) is 6.42 Å². The van der Waals surface area contributed by atoms with Gasteiger partial charge in [0.05, 0.1) is 0 Å². The number of nitrogens with one attached hydrogen (secondary N) is 2. The van der Waals surface area contributed by atoms with Crippen molar-refractivity contribution in [2.45, 2.75) is 6.42 Å². The van der Waals surface area contributed by atoms with Gasteiger partial charge in [0, 0.05) is 27.2 Å². The minimum Gasteiger partial charge on any atom is -0.336 e. The molecule has 2 N–H and O–H groups in total. The van der Waals surface area contributed by atoms with Crippen LogP contribution in [-0.2, 0) is 9.59 Å². The molecule has 8 heteroatoms. The van der Waals surface area contributed by atoms with Gasteiger partial charge in [-0.25, -0.2) is 9.59 Å². The Balaban J connectivity index is 2.41. The van der Waals surface area contributed by atoms with E-state index in [1.165, 1.54) is 4.90 Å². The monoisotopic (exact) mass is 242 g/mol. The summed E-state index contributed by atoms with van der Waals surface area (Å²) in [4.78, 5) is 46.9. The van der Waals surface area contributed by atoms with E-state index < -0.39 is 17.8 Å². The second-order valence-electron chi connectivity index (χ2n) is 3.70. The quantitative estimate of drug-likeness (QED) is 0.602. The molecule has 0 spiro atoms. The van der Waals surface area contributed by atoms with E-state index in [1.54, 1.807) is 14.1 Å². The lowest BCUT2D eigenvalue weighted by Gasteiger charge is -2.24. The van der Waals surface area contributed by atoms with Crippen LogP contribution in [0.3, 0.4) is 0 Å². The fraction of sp³-hybridized carbons (Fsp3) is 0.556. The Hall–Kier alpha value is -2.12. The van der Waals surface area contributed by atoms with E-state index in [1.807, 2.05) is 5.32 Å². The topological polar surface area (TPSA) is 98.8 Å². The zero-order valence-corrected chi connectivity index (χ0v) is 9.65. The van der Waals surface area contributed by atoms with E-state index in [0.29, 0.717) is 0 Å². The van der Waals surface area contributed by atoms with Crippen LogP contribution in [0.2, 0.25) is 0 Å². The Labute approximate surface area is 97.9 Å². The van der Waals surface area contributed by atoms with Crippen molar-refractivity contribution in [3.8, 4) is 0 Å². The number of urea groups is 2. The normalized spacial score (nSPS) is 15.6. The van der Waals surface area contributed by atoms with Crippen molar-refractivity contribution in [3.05, 3.63) is 0 Å². The third-order valence-electron chi connectivity index (χ3n) is 2.12. The number of nitrogens with zero attached hydrogens (tertiary/aromatic N) is 2. The van der Waals surface area contributed by atoms with Gasteiger partial charge in [0.25, 0.3) is 0 Å². The van der Waals surface area contributed by atoms with Crippen molar-refractivity contribution < 1.29 is 19.2 Å². The SMILES string of the molecule is CN(C)C(=O)NCCN1C(=O)CC(=O)NC1=O. The van der Waals surface area contributed by atoms with Gasteiger partial charge in [-0.3, -0.25) is 19.8 Å². The molecule has 0 atom stereocenters. The molecular formula is C9H14N4O4. The van der Waals surface area contributed by atoms with Crippen molar-refractivity contribution in [1.29, 1.82) is 0 Å². The van der Waals surface area contributed by atoms with E-state index in [4.69, 9.17) is 0 Å². The van der Waals surface area contributed by atoms with Gasteiger partial charge in [-0.05, 0) is 0 Å². The minimum atomic E-state index is -0.745. The molecule has 1 rings (SSSR count). The van der Waals surface area contributed by atoms with Gasteiger partial charge in [0.15, 0.2) is 0 Å². The molecule has 6 amide bonds. The van der Waals surface area contributed by atoms with Crippen molar-refractivity contribution in [2.24, 2.45) is 0 Å². The number of carbonyl (C=O) groups is 4.